The van der Waals surface area contributed by atoms with Gasteiger partial charge in [-0.15, -0.1) is 0 Å². The minimum Gasteiger partial charge on any atom is -0.463 e. The van der Waals surface area contributed by atoms with Gasteiger partial charge in [-0.25, -0.2) is 0 Å². The molecule has 8 atom stereocenters. The molecule has 2 aliphatic rings. The molecule has 2 rings (SSSR count). The van der Waals surface area contributed by atoms with Gasteiger partial charge in [0.15, 0.2) is 0 Å². The van der Waals surface area contributed by atoms with Crippen LogP contribution in [0.25, 0.3) is 0 Å². The highest BCUT2D eigenvalue weighted by Gasteiger charge is 2.41. The van der Waals surface area contributed by atoms with Crippen molar-refractivity contribution >= 4 is 29.8 Å². The SMILES string of the molecule is CC(=O)OCC1OC(OC(C)=O)CC(O)C1C.CC(=O)OCC1OC(OC(C)=O)CC(OC(C)=O)C1O. The Hall–Kier alpha value is -2.81. The molecular formula is C23H36O14. The lowest BCUT2D eigenvalue weighted by molar-refractivity contribution is -0.255. The van der Waals surface area contributed by atoms with Gasteiger partial charge in [-0.1, -0.05) is 6.92 Å². The second-order valence-electron chi connectivity index (χ2n) is 8.57. The van der Waals surface area contributed by atoms with E-state index in [2.05, 4.69) is 0 Å². The maximum Gasteiger partial charge on any atom is 0.304 e. The molecule has 2 N–H and O–H groups in total. The van der Waals surface area contributed by atoms with Crippen molar-refractivity contribution in [2.45, 2.75) is 97.5 Å². The number of hydrogen-bond donors (Lipinski definition) is 2. The standard InChI is InChI=1S/C12H18O8.C11H18O6/c1-6(13)17-5-10-12(16)9(18-7(2)14)4-11(20-10)19-8(3)15;1-6-9(14)4-11(16-8(3)13)17-10(6)5-15-7(2)12/h9-12,16H,4-5H2,1-3H3;6,9-11,14H,4-5H2,1-3H3. The third kappa shape index (κ3) is 12.3. The van der Waals surface area contributed by atoms with Crippen LogP contribution in [-0.4, -0.2) is 96.4 Å². The Labute approximate surface area is 214 Å². The fourth-order valence-electron chi connectivity index (χ4n) is 3.51. The Balaban J connectivity index is 0.000000375. The van der Waals surface area contributed by atoms with E-state index in [-0.39, 0.29) is 32.0 Å². The van der Waals surface area contributed by atoms with E-state index in [9.17, 15) is 34.2 Å². The summed E-state index contributed by atoms with van der Waals surface area (Å²) in [4.78, 5) is 54.2. The summed E-state index contributed by atoms with van der Waals surface area (Å²) >= 11 is 0. The van der Waals surface area contributed by atoms with Crippen LogP contribution in [0.4, 0.5) is 0 Å². The zero-order valence-electron chi connectivity index (χ0n) is 21.7. The van der Waals surface area contributed by atoms with Crippen molar-refractivity contribution < 1.29 is 67.3 Å². The fourth-order valence-corrected chi connectivity index (χ4v) is 3.51. The number of carbonyl (C=O) groups is 5. The molecule has 0 aromatic carbocycles. The smallest absolute Gasteiger partial charge is 0.304 e. The highest BCUT2D eigenvalue weighted by molar-refractivity contribution is 5.67. The zero-order chi connectivity index (χ0) is 28.3. The summed E-state index contributed by atoms with van der Waals surface area (Å²) in [5.74, 6) is -2.75. The molecule has 0 radical (unpaired) electrons. The summed E-state index contributed by atoms with van der Waals surface area (Å²) in [6, 6.07) is 0. The Kier molecular flexibility index (Phi) is 13.4. The van der Waals surface area contributed by atoms with Gasteiger partial charge in [-0.2, -0.15) is 0 Å². The van der Waals surface area contributed by atoms with Gasteiger partial charge in [0, 0.05) is 47.0 Å². The van der Waals surface area contributed by atoms with Crippen molar-refractivity contribution in [2.75, 3.05) is 13.2 Å². The van der Waals surface area contributed by atoms with E-state index in [1.807, 2.05) is 0 Å². The third-order valence-corrected chi connectivity index (χ3v) is 5.28. The van der Waals surface area contributed by atoms with Crippen molar-refractivity contribution in [2.24, 2.45) is 5.92 Å². The van der Waals surface area contributed by atoms with Crippen LogP contribution in [0.5, 0.6) is 0 Å². The summed E-state index contributed by atoms with van der Waals surface area (Å²) in [6.45, 7) is 7.80. The minimum absolute atomic E-state index is 0.0108. The first kappa shape index (κ1) is 32.2. The molecule has 0 aromatic heterocycles. The second kappa shape index (κ2) is 15.4. The molecule has 0 aromatic rings. The Morgan fingerprint density at radius 1 is 0.676 bits per heavy atom. The van der Waals surface area contributed by atoms with E-state index in [4.69, 9.17) is 33.2 Å². The highest BCUT2D eigenvalue weighted by Crippen LogP contribution is 2.27. The quantitative estimate of drug-likeness (QED) is 0.320. The molecule has 2 heterocycles. The molecule has 14 heteroatoms. The van der Waals surface area contributed by atoms with E-state index in [0.29, 0.717) is 0 Å². The number of ether oxygens (including phenoxy) is 7. The number of carbonyl (C=O) groups excluding carboxylic acids is 5. The number of aliphatic hydroxyl groups excluding tert-OH is 2. The second-order valence-corrected chi connectivity index (χ2v) is 8.57. The average Bonchev–Trinajstić information content (AvgIpc) is 2.75. The molecular weight excluding hydrogens is 500 g/mol. The molecule has 0 aliphatic carbocycles. The van der Waals surface area contributed by atoms with Crippen LogP contribution in [0.2, 0.25) is 0 Å². The molecule has 0 amide bonds. The van der Waals surface area contributed by atoms with E-state index in [1.54, 1.807) is 6.92 Å². The van der Waals surface area contributed by atoms with Gasteiger partial charge in [0.05, 0.1) is 12.5 Å². The van der Waals surface area contributed by atoms with Gasteiger partial charge < -0.3 is 43.4 Å². The Morgan fingerprint density at radius 3 is 1.57 bits per heavy atom. The average molecular weight is 537 g/mol. The van der Waals surface area contributed by atoms with Crippen LogP contribution >= 0.6 is 0 Å². The molecule has 2 saturated heterocycles. The largest absolute Gasteiger partial charge is 0.463 e. The van der Waals surface area contributed by atoms with Gasteiger partial charge in [-0.3, -0.25) is 24.0 Å². The number of rotatable bonds is 7. The lowest BCUT2D eigenvalue weighted by atomic mass is 9.93. The van der Waals surface area contributed by atoms with Gasteiger partial charge >= 0.3 is 29.8 Å². The van der Waals surface area contributed by atoms with E-state index >= 15 is 0 Å². The topological polar surface area (TPSA) is 190 Å². The summed E-state index contributed by atoms with van der Waals surface area (Å²) < 4.78 is 35.1. The summed E-state index contributed by atoms with van der Waals surface area (Å²) in [6.07, 6.45) is -5.63. The van der Waals surface area contributed by atoms with Crippen LogP contribution in [0.1, 0.15) is 54.4 Å². The molecule has 212 valence electrons. The molecule has 0 spiro atoms. The predicted molar refractivity (Wildman–Crippen MR) is 120 cm³/mol. The molecule has 2 aliphatic heterocycles. The first-order chi connectivity index (χ1) is 17.2. The van der Waals surface area contributed by atoms with Crippen LogP contribution in [0.15, 0.2) is 0 Å². The highest BCUT2D eigenvalue weighted by atomic mass is 16.7. The predicted octanol–water partition coefficient (Wildman–Crippen LogP) is -0.255. The molecule has 2 fully saturated rings. The zero-order valence-corrected chi connectivity index (χ0v) is 21.7. The Morgan fingerprint density at radius 2 is 1.11 bits per heavy atom. The van der Waals surface area contributed by atoms with E-state index in [1.165, 1.54) is 34.6 Å². The van der Waals surface area contributed by atoms with Gasteiger partial charge in [0.1, 0.15) is 37.6 Å². The maximum absolute atomic E-state index is 11.0. The number of aliphatic hydroxyl groups is 2. The summed E-state index contributed by atoms with van der Waals surface area (Å²) in [5.41, 5.74) is 0. The van der Waals surface area contributed by atoms with Gasteiger partial charge in [0.2, 0.25) is 12.6 Å². The maximum atomic E-state index is 11.0. The van der Waals surface area contributed by atoms with Gasteiger partial charge in [0.25, 0.3) is 0 Å². The van der Waals surface area contributed by atoms with Crippen LogP contribution in [0, 0.1) is 5.92 Å². The first-order valence-electron chi connectivity index (χ1n) is 11.6. The molecule has 37 heavy (non-hydrogen) atoms. The molecule has 8 unspecified atom stereocenters. The van der Waals surface area contributed by atoms with Crippen molar-refractivity contribution in [1.29, 1.82) is 0 Å². The van der Waals surface area contributed by atoms with Gasteiger partial charge in [-0.05, 0) is 0 Å². The van der Waals surface area contributed by atoms with Crippen LogP contribution in [-0.2, 0) is 57.1 Å². The van der Waals surface area contributed by atoms with Crippen molar-refractivity contribution in [3.8, 4) is 0 Å². The molecule has 0 saturated carbocycles. The van der Waals surface area contributed by atoms with E-state index < -0.39 is 72.9 Å². The van der Waals surface area contributed by atoms with Crippen molar-refractivity contribution in [3.05, 3.63) is 0 Å². The van der Waals surface area contributed by atoms with E-state index in [0.717, 1.165) is 0 Å². The van der Waals surface area contributed by atoms with Crippen LogP contribution < -0.4 is 0 Å². The third-order valence-electron chi connectivity index (χ3n) is 5.28. The molecule has 0 bridgehead atoms. The molecule has 14 nitrogen and oxygen atoms in total. The number of hydrogen-bond acceptors (Lipinski definition) is 14. The van der Waals surface area contributed by atoms with Crippen LogP contribution in [0.3, 0.4) is 0 Å². The Bertz CT molecular complexity index is 798. The number of esters is 5. The monoisotopic (exact) mass is 536 g/mol. The summed E-state index contributed by atoms with van der Waals surface area (Å²) in [7, 11) is 0. The fraction of sp³-hybridized carbons (Fsp3) is 0.783. The lowest BCUT2D eigenvalue weighted by Crippen LogP contribution is -2.52. The van der Waals surface area contributed by atoms with Crippen molar-refractivity contribution in [3.63, 3.8) is 0 Å². The normalized spacial score (nSPS) is 31.0. The lowest BCUT2D eigenvalue weighted by Gasteiger charge is -2.37. The first-order valence-corrected chi connectivity index (χ1v) is 11.6. The summed E-state index contributed by atoms with van der Waals surface area (Å²) in [5, 5.41) is 19.8. The van der Waals surface area contributed by atoms with Crippen molar-refractivity contribution in [1.82, 2.24) is 0 Å². The minimum atomic E-state index is -1.18.